The number of nitrogens with one attached hydrogen (secondary N) is 1. The molecule has 1 N–H and O–H groups in total. The van der Waals surface area contributed by atoms with Crippen molar-refractivity contribution in [2.24, 2.45) is 0 Å². The molecule has 112 valence electrons. The van der Waals surface area contributed by atoms with Crippen LogP contribution in [0.3, 0.4) is 0 Å². The van der Waals surface area contributed by atoms with Crippen LogP contribution in [0.1, 0.15) is 51.0 Å². The second kappa shape index (κ2) is 10.4. The summed E-state index contributed by atoms with van der Waals surface area (Å²) in [6.07, 6.45) is 6.88. The normalized spacial score (nSPS) is 12.1. The average molecular weight is 277 g/mol. The molecule has 3 heteroatoms. The van der Waals surface area contributed by atoms with Crippen LogP contribution in [-0.2, 0) is 16.1 Å². The Morgan fingerprint density at radius 1 is 1.15 bits per heavy atom. The highest BCUT2D eigenvalue weighted by molar-refractivity contribution is 5.75. The van der Waals surface area contributed by atoms with E-state index in [0.29, 0.717) is 6.54 Å². The lowest BCUT2D eigenvalue weighted by Crippen LogP contribution is -2.37. The fourth-order valence-corrected chi connectivity index (χ4v) is 2.23. The first kappa shape index (κ1) is 16.7. The highest BCUT2D eigenvalue weighted by atomic mass is 16.5. The molecule has 0 spiro atoms. The lowest BCUT2D eigenvalue weighted by atomic mass is 10.1. The fraction of sp³-hybridized carbons (Fsp3) is 0.588. The summed E-state index contributed by atoms with van der Waals surface area (Å²) in [6.45, 7) is 2.91. The highest BCUT2D eigenvalue weighted by Crippen LogP contribution is 2.09. The van der Waals surface area contributed by atoms with Gasteiger partial charge in [0.1, 0.15) is 6.04 Å². The van der Waals surface area contributed by atoms with Gasteiger partial charge in [-0.05, 0) is 12.0 Å². The van der Waals surface area contributed by atoms with E-state index in [9.17, 15) is 4.79 Å². The number of carbonyl (C=O) groups is 1. The summed E-state index contributed by atoms with van der Waals surface area (Å²) in [7, 11) is 1.45. The number of hydrogen-bond acceptors (Lipinski definition) is 3. The van der Waals surface area contributed by atoms with Gasteiger partial charge >= 0.3 is 5.97 Å². The molecule has 1 atom stereocenters. The molecule has 0 fully saturated rings. The lowest BCUT2D eigenvalue weighted by molar-refractivity contribution is -0.143. The summed E-state index contributed by atoms with van der Waals surface area (Å²) in [4.78, 5) is 11.8. The van der Waals surface area contributed by atoms with Gasteiger partial charge in [-0.15, -0.1) is 0 Å². The maximum Gasteiger partial charge on any atom is 0.322 e. The predicted octanol–water partition coefficient (Wildman–Crippen LogP) is 3.68. The van der Waals surface area contributed by atoms with Crippen LogP contribution < -0.4 is 5.32 Å². The van der Waals surface area contributed by atoms with Gasteiger partial charge in [0, 0.05) is 6.54 Å². The highest BCUT2D eigenvalue weighted by Gasteiger charge is 2.17. The molecule has 1 aromatic carbocycles. The molecular formula is C17H27NO2. The Morgan fingerprint density at radius 3 is 2.50 bits per heavy atom. The molecule has 0 bridgehead atoms. The van der Waals surface area contributed by atoms with E-state index in [-0.39, 0.29) is 12.0 Å². The Labute approximate surface area is 122 Å². The Morgan fingerprint density at radius 2 is 1.85 bits per heavy atom. The van der Waals surface area contributed by atoms with Crippen molar-refractivity contribution in [3.05, 3.63) is 35.9 Å². The third-order valence-corrected chi connectivity index (χ3v) is 3.48. The number of esters is 1. The number of unbranched alkanes of at least 4 members (excludes halogenated alkanes) is 4. The number of methoxy groups -OCH3 is 1. The van der Waals surface area contributed by atoms with Crippen LogP contribution in [-0.4, -0.2) is 19.1 Å². The molecule has 0 aromatic heterocycles. The number of hydrogen-bond donors (Lipinski definition) is 1. The zero-order valence-corrected chi connectivity index (χ0v) is 12.7. The van der Waals surface area contributed by atoms with Gasteiger partial charge in [0.15, 0.2) is 0 Å². The van der Waals surface area contributed by atoms with E-state index in [1.165, 1.54) is 38.4 Å². The molecule has 1 rings (SSSR count). The number of carbonyl (C=O) groups excluding carboxylic acids is 1. The van der Waals surface area contributed by atoms with E-state index in [2.05, 4.69) is 24.4 Å². The Hall–Kier alpha value is -1.35. The minimum atomic E-state index is -0.193. The molecule has 0 saturated carbocycles. The van der Waals surface area contributed by atoms with Crippen molar-refractivity contribution in [3.63, 3.8) is 0 Å². The summed E-state index contributed by atoms with van der Waals surface area (Å²) in [5, 5.41) is 3.30. The Bertz CT molecular complexity index is 365. The minimum absolute atomic E-state index is 0.156. The molecule has 1 aromatic rings. The minimum Gasteiger partial charge on any atom is -0.468 e. The van der Waals surface area contributed by atoms with Crippen LogP contribution in [0.4, 0.5) is 0 Å². The van der Waals surface area contributed by atoms with Crippen molar-refractivity contribution < 1.29 is 9.53 Å². The van der Waals surface area contributed by atoms with E-state index in [1.807, 2.05) is 18.2 Å². The first-order valence-electron chi connectivity index (χ1n) is 7.63. The predicted molar refractivity (Wildman–Crippen MR) is 82.5 cm³/mol. The van der Waals surface area contributed by atoms with Gasteiger partial charge in [-0.1, -0.05) is 69.4 Å². The summed E-state index contributed by atoms with van der Waals surface area (Å²) >= 11 is 0. The van der Waals surface area contributed by atoms with Crippen molar-refractivity contribution in [1.82, 2.24) is 5.32 Å². The summed E-state index contributed by atoms with van der Waals surface area (Å²) in [5.74, 6) is -0.156. The van der Waals surface area contributed by atoms with Crippen molar-refractivity contribution >= 4 is 5.97 Å². The molecular weight excluding hydrogens is 250 g/mol. The van der Waals surface area contributed by atoms with Gasteiger partial charge in [0.05, 0.1) is 7.11 Å². The maximum atomic E-state index is 11.8. The lowest BCUT2D eigenvalue weighted by Gasteiger charge is -2.16. The van der Waals surface area contributed by atoms with E-state index in [4.69, 9.17) is 4.74 Å². The van der Waals surface area contributed by atoms with Gasteiger partial charge in [-0.2, -0.15) is 0 Å². The molecule has 3 nitrogen and oxygen atoms in total. The zero-order valence-electron chi connectivity index (χ0n) is 12.7. The maximum absolute atomic E-state index is 11.8. The quantitative estimate of drug-likeness (QED) is 0.524. The van der Waals surface area contributed by atoms with Crippen LogP contribution >= 0.6 is 0 Å². The average Bonchev–Trinajstić information content (AvgIpc) is 2.50. The zero-order chi connectivity index (χ0) is 14.6. The van der Waals surface area contributed by atoms with Crippen LogP contribution in [0.25, 0.3) is 0 Å². The van der Waals surface area contributed by atoms with Gasteiger partial charge in [0.25, 0.3) is 0 Å². The Kier molecular flexibility index (Phi) is 8.72. The number of ether oxygens (including phenoxy) is 1. The molecule has 0 aliphatic heterocycles. The molecule has 20 heavy (non-hydrogen) atoms. The van der Waals surface area contributed by atoms with Crippen LogP contribution in [0.15, 0.2) is 30.3 Å². The standard InChI is InChI=1S/C17H27NO2/c1-3-4-5-6-10-13-16(17(19)20-2)18-14-15-11-8-7-9-12-15/h7-9,11-12,16,18H,3-6,10,13-14H2,1-2H3. The molecule has 1 unspecified atom stereocenters. The van der Waals surface area contributed by atoms with E-state index >= 15 is 0 Å². The SMILES string of the molecule is CCCCCCCC(NCc1ccccc1)C(=O)OC. The smallest absolute Gasteiger partial charge is 0.322 e. The summed E-state index contributed by atoms with van der Waals surface area (Å²) in [5.41, 5.74) is 1.19. The largest absolute Gasteiger partial charge is 0.468 e. The third-order valence-electron chi connectivity index (χ3n) is 3.48. The molecule has 0 saturated heterocycles. The molecule has 0 heterocycles. The van der Waals surface area contributed by atoms with Gasteiger partial charge in [-0.3, -0.25) is 4.79 Å². The fourth-order valence-electron chi connectivity index (χ4n) is 2.23. The van der Waals surface area contributed by atoms with Crippen molar-refractivity contribution in [3.8, 4) is 0 Å². The summed E-state index contributed by atoms with van der Waals surface area (Å²) < 4.78 is 4.88. The van der Waals surface area contributed by atoms with Crippen molar-refractivity contribution in [2.75, 3.05) is 7.11 Å². The number of rotatable bonds is 10. The van der Waals surface area contributed by atoms with Crippen LogP contribution in [0.5, 0.6) is 0 Å². The topological polar surface area (TPSA) is 38.3 Å². The molecule has 0 aliphatic carbocycles. The molecule has 0 radical (unpaired) electrons. The van der Waals surface area contributed by atoms with E-state index in [1.54, 1.807) is 0 Å². The summed E-state index contributed by atoms with van der Waals surface area (Å²) in [6, 6.07) is 9.94. The van der Waals surface area contributed by atoms with E-state index < -0.39 is 0 Å². The second-order valence-electron chi connectivity index (χ2n) is 5.15. The van der Waals surface area contributed by atoms with Gasteiger partial charge < -0.3 is 10.1 Å². The second-order valence-corrected chi connectivity index (χ2v) is 5.15. The third kappa shape index (κ3) is 6.71. The molecule has 0 amide bonds. The van der Waals surface area contributed by atoms with Gasteiger partial charge in [-0.25, -0.2) is 0 Å². The van der Waals surface area contributed by atoms with Crippen molar-refractivity contribution in [1.29, 1.82) is 0 Å². The molecule has 0 aliphatic rings. The number of benzene rings is 1. The monoisotopic (exact) mass is 277 g/mol. The van der Waals surface area contributed by atoms with Crippen LogP contribution in [0, 0.1) is 0 Å². The Balaban J connectivity index is 2.34. The van der Waals surface area contributed by atoms with Gasteiger partial charge in [0.2, 0.25) is 0 Å². The van der Waals surface area contributed by atoms with Crippen molar-refractivity contribution in [2.45, 2.75) is 58.0 Å². The first-order chi connectivity index (χ1) is 9.77. The van der Waals surface area contributed by atoms with E-state index in [0.717, 1.165) is 12.8 Å². The van der Waals surface area contributed by atoms with Crippen LogP contribution in [0.2, 0.25) is 0 Å². The first-order valence-corrected chi connectivity index (χ1v) is 7.63.